The van der Waals surface area contributed by atoms with Crippen molar-refractivity contribution in [1.82, 2.24) is 5.32 Å². The first-order chi connectivity index (χ1) is 8.72. The van der Waals surface area contributed by atoms with Gasteiger partial charge in [-0.25, -0.2) is 8.78 Å². The molecule has 0 amide bonds. The molecule has 0 radical (unpaired) electrons. The lowest BCUT2D eigenvalue weighted by molar-refractivity contribution is 0.586. The lowest BCUT2D eigenvalue weighted by atomic mass is 10.2. The highest BCUT2D eigenvalue weighted by Crippen LogP contribution is 2.31. The highest BCUT2D eigenvalue weighted by Gasteiger charge is 2.20. The maximum Gasteiger partial charge on any atom is 0.134 e. The number of hydrogen-bond acceptors (Lipinski definition) is 2. The number of thiophene rings is 1. The molecule has 0 bridgehead atoms. The summed E-state index contributed by atoms with van der Waals surface area (Å²) < 4.78 is 26.5. The molecule has 0 unspecified atom stereocenters. The van der Waals surface area contributed by atoms with E-state index in [1.165, 1.54) is 29.9 Å². The topological polar surface area (TPSA) is 12.0 Å². The molecule has 0 saturated heterocycles. The van der Waals surface area contributed by atoms with E-state index < -0.39 is 11.6 Å². The van der Waals surface area contributed by atoms with Crippen LogP contribution in [0, 0.1) is 11.6 Å². The minimum Gasteiger partial charge on any atom is -0.309 e. The molecule has 1 aliphatic rings. The van der Waals surface area contributed by atoms with Gasteiger partial charge in [0.15, 0.2) is 0 Å². The van der Waals surface area contributed by atoms with E-state index in [0.29, 0.717) is 11.6 Å². The summed E-state index contributed by atoms with van der Waals surface area (Å²) in [6.07, 6.45) is 2.51. The highest BCUT2D eigenvalue weighted by molar-refractivity contribution is 7.15. The van der Waals surface area contributed by atoms with Gasteiger partial charge in [-0.1, -0.05) is 0 Å². The molecular weight excluding hydrogens is 252 g/mol. The summed E-state index contributed by atoms with van der Waals surface area (Å²) in [6, 6.07) is 8.27. The Morgan fingerprint density at radius 3 is 2.72 bits per heavy atom. The van der Waals surface area contributed by atoms with E-state index in [4.69, 9.17) is 0 Å². The zero-order valence-corrected chi connectivity index (χ0v) is 10.6. The molecule has 0 spiro atoms. The maximum absolute atomic E-state index is 13.6. The normalized spacial score (nSPS) is 15.0. The van der Waals surface area contributed by atoms with Gasteiger partial charge in [0.1, 0.15) is 11.6 Å². The molecule has 4 heteroatoms. The summed E-state index contributed by atoms with van der Waals surface area (Å²) >= 11 is 1.55. The number of benzene rings is 1. The number of nitrogens with one attached hydrogen (secondary N) is 1. The van der Waals surface area contributed by atoms with Crippen molar-refractivity contribution in [3.05, 3.63) is 46.8 Å². The van der Waals surface area contributed by atoms with Crippen LogP contribution in [0.4, 0.5) is 8.78 Å². The summed E-state index contributed by atoms with van der Waals surface area (Å²) in [7, 11) is 0. The maximum atomic E-state index is 13.6. The smallest absolute Gasteiger partial charge is 0.134 e. The van der Waals surface area contributed by atoms with Crippen molar-refractivity contribution in [2.75, 3.05) is 0 Å². The van der Waals surface area contributed by atoms with Crippen molar-refractivity contribution in [1.29, 1.82) is 0 Å². The first-order valence-electron chi connectivity index (χ1n) is 6.00. The Labute approximate surface area is 108 Å². The quantitative estimate of drug-likeness (QED) is 0.882. The predicted octanol–water partition coefficient (Wildman–Crippen LogP) is 3.95. The van der Waals surface area contributed by atoms with E-state index in [0.717, 1.165) is 17.5 Å². The number of hydrogen-bond donors (Lipinski definition) is 1. The first kappa shape index (κ1) is 11.8. The summed E-state index contributed by atoms with van der Waals surface area (Å²) in [5, 5.41) is 3.42. The molecule has 0 atom stereocenters. The summed E-state index contributed by atoms with van der Waals surface area (Å²) in [4.78, 5) is 2.03. The van der Waals surface area contributed by atoms with Crippen molar-refractivity contribution in [2.45, 2.75) is 25.4 Å². The molecule has 1 nitrogen and oxygen atoms in total. The average molecular weight is 265 g/mol. The fourth-order valence-electron chi connectivity index (χ4n) is 1.84. The minimum absolute atomic E-state index is 0.471. The van der Waals surface area contributed by atoms with Gasteiger partial charge in [0.05, 0.1) is 0 Å². The Balaban J connectivity index is 1.78. The van der Waals surface area contributed by atoms with E-state index in [1.54, 1.807) is 11.3 Å². The molecular formula is C14H13F2NS. The third kappa shape index (κ3) is 2.60. The van der Waals surface area contributed by atoms with Crippen LogP contribution in [0.3, 0.4) is 0 Å². The first-order valence-corrected chi connectivity index (χ1v) is 6.81. The van der Waals surface area contributed by atoms with Crippen LogP contribution < -0.4 is 5.32 Å². The van der Waals surface area contributed by atoms with Gasteiger partial charge < -0.3 is 5.32 Å². The van der Waals surface area contributed by atoms with E-state index in [-0.39, 0.29) is 0 Å². The van der Waals surface area contributed by atoms with Crippen LogP contribution >= 0.6 is 11.3 Å². The van der Waals surface area contributed by atoms with Crippen molar-refractivity contribution in [2.24, 2.45) is 0 Å². The molecule has 0 aliphatic heterocycles. The predicted molar refractivity (Wildman–Crippen MR) is 69.5 cm³/mol. The third-order valence-corrected chi connectivity index (χ3v) is 4.12. The largest absolute Gasteiger partial charge is 0.309 e. The Bertz CT molecular complexity index is 561. The second-order valence-electron chi connectivity index (χ2n) is 4.55. The molecule has 1 fully saturated rings. The van der Waals surface area contributed by atoms with Crippen molar-refractivity contribution >= 4 is 11.3 Å². The van der Waals surface area contributed by atoms with Gasteiger partial charge in [-0.05, 0) is 37.1 Å². The molecule has 1 aromatic heterocycles. The van der Waals surface area contributed by atoms with Crippen molar-refractivity contribution in [3.63, 3.8) is 0 Å². The van der Waals surface area contributed by atoms with Gasteiger partial charge in [0.2, 0.25) is 0 Å². The monoisotopic (exact) mass is 265 g/mol. The Kier molecular flexibility index (Phi) is 3.14. The van der Waals surface area contributed by atoms with Crippen LogP contribution in [-0.2, 0) is 6.54 Å². The molecule has 1 N–H and O–H groups in total. The lowest BCUT2D eigenvalue weighted by Crippen LogP contribution is -2.14. The molecule has 94 valence electrons. The van der Waals surface area contributed by atoms with Gasteiger partial charge >= 0.3 is 0 Å². The number of halogens is 2. The summed E-state index contributed by atoms with van der Waals surface area (Å²) in [5.41, 5.74) is 0.471. The summed E-state index contributed by atoms with van der Waals surface area (Å²) in [5.74, 6) is -1.04. The molecule has 2 aromatic rings. The zero-order valence-electron chi connectivity index (χ0n) is 9.75. The Morgan fingerprint density at radius 2 is 2.00 bits per heavy atom. The van der Waals surface area contributed by atoms with Crippen LogP contribution in [0.25, 0.3) is 10.4 Å². The standard InChI is InChI=1S/C14H13F2NS/c15-9-1-5-12(13(16)7-9)14-6-4-11(18-14)8-17-10-2-3-10/h1,4-7,10,17H,2-3,8H2. The van der Waals surface area contributed by atoms with Gasteiger partial charge in [0, 0.05) is 34.0 Å². The van der Waals surface area contributed by atoms with Gasteiger partial charge in [-0.3, -0.25) is 0 Å². The molecule has 1 aromatic carbocycles. The van der Waals surface area contributed by atoms with Crippen molar-refractivity contribution < 1.29 is 8.78 Å². The second kappa shape index (κ2) is 4.78. The van der Waals surface area contributed by atoms with E-state index in [9.17, 15) is 8.78 Å². The van der Waals surface area contributed by atoms with Crippen LogP contribution in [0.15, 0.2) is 30.3 Å². The second-order valence-corrected chi connectivity index (χ2v) is 5.71. The molecule has 1 aliphatic carbocycles. The van der Waals surface area contributed by atoms with Crippen molar-refractivity contribution in [3.8, 4) is 10.4 Å². The van der Waals surface area contributed by atoms with Crippen LogP contribution in [0.5, 0.6) is 0 Å². The number of rotatable bonds is 4. The van der Waals surface area contributed by atoms with E-state index >= 15 is 0 Å². The molecule has 3 rings (SSSR count). The molecule has 18 heavy (non-hydrogen) atoms. The molecule has 1 heterocycles. The van der Waals surface area contributed by atoms with Crippen LogP contribution in [-0.4, -0.2) is 6.04 Å². The van der Waals surface area contributed by atoms with E-state index in [1.807, 2.05) is 12.1 Å². The third-order valence-electron chi connectivity index (χ3n) is 3.00. The highest BCUT2D eigenvalue weighted by atomic mass is 32.1. The fourth-order valence-corrected chi connectivity index (χ4v) is 2.83. The van der Waals surface area contributed by atoms with Gasteiger partial charge in [0.25, 0.3) is 0 Å². The summed E-state index contributed by atoms with van der Waals surface area (Å²) in [6.45, 7) is 0.831. The van der Waals surface area contributed by atoms with Crippen LogP contribution in [0.2, 0.25) is 0 Å². The Hall–Kier alpha value is -1.26. The van der Waals surface area contributed by atoms with Crippen LogP contribution in [0.1, 0.15) is 17.7 Å². The fraction of sp³-hybridized carbons (Fsp3) is 0.286. The van der Waals surface area contributed by atoms with Gasteiger partial charge in [-0.15, -0.1) is 11.3 Å². The lowest BCUT2D eigenvalue weighted by Gasteiger charge is -2.00. The SMILES string of the molecule is Fc1ccc(-c2ccc(CNC3CC3)s2)c(F)c1. The molecule has 1 saturated carbocycles. The van der Waals surface area contributed by atoms with Gasteiger partial charge in [-0.2, -0.15) is 0 Å². The Morgan fingerprint density at radius 1 is 1.17 bits per heavy atom. The average Bonchev–Trinajstić information content (AvgIpc) is 3.05. The van der Waals surface area contributed by atoms with E-state index in [2.05, 4.69) is 5.32 Å². The zero-order chi connectivity index (χ0) is 12.5. The minimum atomic E-state index is -0.538.